The van der Waals surface area contributed by atoms with Gasteiger partial charge in [0.05, 0.1) is 5.92 Å². The van der Waals surface area contributed by atoms with E-state index in [1.165, 1.54) is 12.3 Å². The van der Waals surface area contributed by atoms with Gasteiger partial charge < -0.3 is 15.3 Å². The summed E-state index contributed by atoms with van der Waals surface area (Å²) in [4.78, 5) is 34.6. The first-order valence-corrected chi connectivity index (χ1v) is 6.54. The molecule has 2 amide bonds. The summed E-state index contributed by atoms with van der Waals surface area (Å²) >= 11 is 0. The van der Waals surface area contributed by atoms with Crippen LogP contribution in [0.1, 0.15) is 6.42 Å². The summed E-state index contributed by atoms with van der Waals surface area (Å²) in [6, 6.07) is 1.35. The Morgan fingerprint density at radius 1 is 1.43 bits per heavy atom. The van der Waals surface area contributed by atoms with Crippen molar-refractivity contribution in [2.45, 2.75) is 19.1 Å². The number of rotatable bonds is 5. The van der Waals surface area contributed by atoms with Gasteiger partial charge in [0.15, 0.2) is 5.82 Å². The van der Waals surface area contributed by atoms with Gasteiger partial charge in [-0.2, -0.15) is 18.3 Å². The van der Waals surface area contributed by atoms with E-state index in [0.717, 1.165) is 4.68 Å². The number of likely N-dealkylation sites (tertiary alicyclic amines) is 1. The number of carbonyl (C=O) groups excluding carboxylic acids is 2. The SMILES string of the molecule is O=C(O)Cn1ccc(NC(=O)[C@@H]2CC(=O)N(CC(F)(F)F)C2)n1. The zero-order valence-electron chi connectivity index (χ0n) is 11.7. The van der Waals surface area contributed by atoms with E-state index < -0.39 is 43.0 Å². The lowest BCUT2D eigenvalue weighted by Gasteiger charge is -2.18. The van der Waals surface area contributed by atoms with E-state index in [2.05, 4.69) is 10.4 Å². The maximum absolute atomic E-state index is 12.3. The van der Waals surface area contributed by atoms with Crippen LogP contribution in [0.4, 0.5) is 19.0 Å². The average molecular weight is 334 g/mol. The number of aliphatic carboxylic acids is 1. The number of anilines is 1. The number of hydrogen-bond donors (Lipinski definition) is 2. The first-order valence-electron chi connectivity index (χ1n) is 6.54. The van der Waals surface area contributed by atoms with Crippen molar-refractivity contribution in [3.63, 3.8) is 0 Å². The van der Waals surface area contributed by atoms with Gasteiger partial charge in [-0.05, 0) is 0 Å². The summed E-state index contributed by atoms with van der Waals surface area (Å²) < 4.78 is 38.0. The van der Waals surface area contributed by atoms with Crippen LogP contribution in [0.5, 0.6) is 0 Å². The summed E-state index contributed by atoms with van der Waals surface area (Å²) in [5.41, 5.74) is 0. The maximum atomic E-state index is 12.3. The normalized spacial score (nSPS) is 18.3. The third-order valence-electron chi connectivity index (χ3n) is 3.14. The smallest absolute Gasteiger partial charge is 0.406 e. The topological polar surface area (TPSA) is 105 Å². The van der Waals surface area contributed by atoms with Crippen molar-refractivity contribution < 1.29 is 32.7 Å². The van der Waals surface area contributed by atoms with Crippen molar-refractivity contribution >= 4 is 23.6 Å². The first kappa shape index (κ1) is 16.8. The average Bonchev–Trinajstić information content (AvgIpc) is 2.95. The van der Waals surface area contributed by atoms with E-state index in [4.69, 9.17) is 5.11 Å². The largest absolute Gasteiger partial charge is 0.480 e. The van der Waals surface area contributed by atoms with Gasteiger partial charge in [-0.15, -0.1) is 0 Å². The van der Waals surface area contributed by atoms with Gasteiger partial charge >= 0.3 is 12.1 Å². The summed E-state index contributed by atoms with van der Waals surface area (Å²) in [5, 5.41) is 14.7. The van der Waals surface area contributed by atoms with Gasteiger partial charge in [-0.1, -0.05) is 0 Å². The molecule has 1 aromatic heterocycles. The molecule has 2 N–H and O–H groups in total. The summed E-state index contributed by atoms with van der Waals surface area (Å²) in [5.74, 6) is -3.33. The van der Waals surface area contributed by atoms with Crippen LogP contribution in [0, 0.1) is 5.92 Å². The first-order chi connectivity index (χ1) is 10.6. The van der Waals surface area contributed by atoms with Crippen LogP contribution in [0.15, 0.2) is 12.3 Å². The predicted molar refractivity (Wildman–Crippen MR) is 69.2 cm³/mol. The second kappa shape index (κ2) is 6.26. The summed E-state index contributed by atoms with van der Waals surface area (Å²) in [7, 11) is 0. The molecule has 0 aliphatic carbocycles. The molecule has 1 aliphatic heterocycles. The number of nitrogens with zero attached hydrogens (tertiary/aromatic N) is 3. The van der Waals surface area contributed by atoms with Gasteiger partial charge in [-0.3, -0.25) is 19.1 Å². The highest BCUT2D eigenvalue weighted by Gasteiger charge is 2.40. The highest BCUT2D eigenvalue weighted by molar-refractivity contribution is 5.96. The van der Waals surface area contributed by atoms with E-state index in [-0.39, 0.29) is 18.8 Å². The fourth-order valence-electron chi connectivity index (χ4n) is 2.20. The molecule has 1 aromatic rings. The second-order valence-electron chi connectivity index (χ2n) is 5.07. The lowest BCUT2D eigenvalue weighted by Crippen LogP contribution is -2.36. The molecule has 11 heteroatoms. The van der Waals surface area contributed by atoms with E-state index in [0.29, 0.717) is 4.90 Å². The van der Waals surface area contributed by atoms with Crippen molar-refractivity contribution in [1.82, 2.24) is 14.7 Å². The second-order valence-corrected chi connectivity index (χ2v) is 5.07. The van der Waals surface area contributed by atoms with Crippen LogP contribution in [-0.4, -0.2) is 56.8 Å². The van der Waals surface area contributed by atoms with Crippen LogP contribution < -0.4 is 5.32 Å². The Hall–Kier alpha value is -2.59. The molecule has 1 fully saturated rings. The molecule has 0 aromatic carbocycles. The predicted octanol–water partition coefficient (Wildman–Crippen LogP) is 0.317. The molecular weight excluding hydrogens is 321 g/mol. The third-order valence-corrected chi connectivity index (χ3v) is 3.14. The van der Waals surface area contributed by atoms with E-state index in [1.54, 1.807) is 0 Å². The number of carboxylic acids is 1. The molecule has 0 saturated carbocycles. The molecule has 8 nitrogen and oxygen atoms in total. The van der Waals surface area contributed by atoms with Crippen LogP contribution in [0.25, 0.3) is 0 Å². The maximum Gasteiger partial charge on any atom is 0.406 e. The minimum Gasteiger partial charge on any atom is -0.480 e. The molecule has 0 unspecified atom stereocenters. The zero-order chi connectivity index (χ0) is 17.2. The van der Waals surface area contributed by atoms with E-state index in [1.807, 2.05) is 0 Å². The van der Waals surface area contributed by atoms with Crippen molar-refractivity contribution in [3.8, 4) is 0 Å². The standard InChI is InChI=1S/C12H13F3N4O4/c13-12(14,15)6-18-4-7(3-9(18)20)11(23)16-8-1-2-19(17-8)5-10(21)22/h1-2,7H,3-6H2,(H,21,22)(H,16,17,23)/t7-/m1/s1. The zero-order valence-corrected chi connectivity index (χ0v) is 11.7. The van der Waals surface area contributed by atoms with Crippen LogP contribution in [0.2, 0.25) is 0 Å². The minimum atomic E-state index is -4.52. The van der Waals surface area contributed by atoms with Gasteiger partial charge in [0.2, 0.25) is 11.8 Å². The molecular formula is C12H13F3N4O4. The Balaban J connectivity index is 1.92. The number of carbonyl (C=O) groups is 3. The van der Waals surface area contributed by atoms with Crippen LogP contribution >= 0.6 is 0 Å². The molecule has 0 spiro atoms. The van der Waals surface area contributed by atoms with Crippen LogP contribution in [-0.2, 0) is 20.9 Å². The Bertz CT molecular complexity index is 628. The lowest BCUT2D eigenvalue weighted by molar-refractivity contribution is -0.157. The van der Waals surface area contributed by atoms with Gasteiger partial charge in [0.1, 0.15) is 13.1 Å². The lowest BCUT2D eigenvalue weighted by atomic mass is 10.1. The van der Waals surface area contributed by atoms with Crippen LogP contribution in [0.3, 0.4) is 0 Å². The molecule has 1 saturated heterocycles. The van der Waals surface area contributed by atoms with Crippen molar-refractivity contribution in [2.75, 3.05) is 18.4 Å². The monoisotopic (exact) mass is 334 g/mol. The van der Waals surface area contributed by atoms with E-state index >= 15 is 0 Å². The Kier molecular flexibility index (Phi) is 4.57. The number of amides is 2. The Morgan fingerprint density at radius 3 is 2.74 bits per heavy atom. The highest BCUT2D eigenvalue weighted by Crippen LogP contribution is 2.24. The number of halogens is 3. The van der Waals surface area contributed by atoms with Gasteiger partial charge in [0, 0.05) is 25.2 Å². The summed E-state index contributed by atoms with van der Waals surface area (Å²) in [6.45, 7) is -2.10. The van der Waals surface area contributed by atoms with Crippen molar-refractivity contribution in [3.05, 3.63) is 12.3 Å². The highest BCUT2D eigenvalue weighted by atomic mass is 19.4. The fraction of sp³-hybridized carbons (Fsp3) is 0.500. The molecule has 0 bridgehead atoms. The number of alkyl halides is 3. The summed E-state index contributed by atoms with van der Waals surface area (Å²) in [6.07, 6.45) is -3.49. The molecule has 0 radical (unpaired) electrons. The Labute approximate surface area is 127 Å². The quantitative estimate of drug-likeness (QED) is 0.807. The van der Waals surface area contributed by atoms with Crippen molar-refractivity contribution in [2.24, 2.45) is 5.92 Å². The van der Waals surface area contributed by atoms with E-state index in [9.17, 15) is 27.6 Å². The number of hydrogen-bond acceptors (Lipinski definition) is 4. The van der Waals surface area contributed by atoms with Gasteiger partial charge in [0.25, 0.3) is 0 Å². The molecule has 1 atom stereocenters. The Morgan fingerprint density at radius 2 is 2.13 bits per heavy atom. The molecule has 2 rings (SSSR count). The fourth-order valence-corrected chi connectivity index (χ4v) is 2.20. The molecule has 126 valence electrons. The molecule has 1 aliphatic rings. The third kappa shape index (κ3) is 4.69. The molecule has 23 heavy (non-hydrogen) atoms. The number of carboxylic acid groups (broad SMARTS) is 1. The number of aromatic nitrogens is 2. The van der Waals surface area contributed by atoms with Crippen molar-refractivity contribution in [1.29, 1.82) is 0 Å². The van der Waals surface area contributed by atoms with Gasteiger partial charge in [-0.25, -0.2) is 0 Å². The minimum absolute atomic E-state index is 0.0676. The molecule has 2 heterocycles. The number of nitrogens with one attached hydrogen (secondary N) is 1.